The van der Waals surface area contributed by atoms with Gasteiger partial charge in [0.1, 0.15) is 11.6 Å². The zero-order valence-electron chi connectivity index (χ0n) is 26.6. The molecule has 9 heteroatoms. The number of carbonyl (C=O) groups is 2. The van der Waals surface area contributed by atoms with Crippen LogP contribution in [-0.4, -0.2) is 84.5 Å². The molecule has 0 bridgehead atoms. The number of likely N-dealkylation sites (N-methyl/N-ethyl adjacent to an activating group) is 1. The summed E-state index contributed by atoms with van der Waals surface area (Å²) in [6.45, 7) is 6.76. The molecule has 238 valence electrons. The first kappa shape index (κ1) is 29.3. The van der Waals surface area contributed by atoms with Gasteiger partial charge in [-0.25, -0.2) is 4.98 Å². The van der Waals surface area contributed by atoms with Gasteiger partial charge in [-0.15, -0.1) is 0 Å². The highest BCUT2D eigenvalue weighted by atomic mass is 16.5. The number of aromatic amines is 1. The van der Waals surface area contributed by atoms with Crippen LogP contribution >= 0.6 is 0 Å². The minimum Gasteiger partial charge on any atom is -0.494 e. The van der Waals surface area contributed by atoms with E-state index in [2.05, 4.69) is 81.3 Å². The minimum atomic E-state index is -0.220. The molecule has 3 aliphatic rings. The number of carbonyl (C=O) groups excluding carboxylic acids is 2. The average molecular weight is 627 g/mol. The summed E-state index contributed by atoms with van der Waals surface area (Å²) in [7, 11) is 2.18. The SMILES string of the molecule is CN1CCN(c2ccc3nc(-c4cccc(N5CCc6cc(OCCCN7C(=O)c8ccccc8C7=O)ccc6C5)c4)[nH]c3c2)CC1. The summed E-state index contributed by atoms with van der Waals surface area (Å²) in [6, 6.07) is 28.5. The van der Waals surface area contributed by atoms with E-state index in [1.165, 1.54) is 27.4 Å². The molecule has 9 nitrogen and oxygen atoms in total. The van der Waals surface area contributed by atoms with E-state index in [4.69, 9.17) is 9.72 Å². The van der Waals surface area contributed by atoms with Gasteiger partial charge >= 0.3 is 0 Å². The molecule has 1 fully saturated rings. The molecule has 0 saturated carbocycles. The largest absolute Gasteiger partial charge is 0.494 e. The highest BCUT2D eigenvalue weighted by molar-refractivity contribution is 6.21. The number of rotatable bonds is 8. The first-order valence-corrected chi connectivity index (χ1v) is 16.5. The average Bonchev–Trinajstić information content (AvgIpc) is 3.65. The second-order valence-corrected chi connectivity index (χ2v) is 12.7. The van der Waals surface area contributed by atoms with E-state index >= 15 is 0 Å². The number of piperazine rings is 1. The molecule has 4 aromatic carbocycles. The summed E-state index contributed by atoms with van der Waals surface area (Å²) in [5, 5.41) is 0. The van der Waals surface area contributed by atoms with Crippen LogP contribution in [0.5, 0.6) is 5.75 Å². The molecular formula is C38H38N6O3. The van der Waals surface area contributed by atoms with Crippen molar-refractivity contribution in [2.75, 3.05) is 62.7 Å². The van der Waals surface area contributed by atoms with Gasteiger partial charge in [-0.2, -0.15) is 0 Å². The number of nitrogens with one attached hydrogen (secondary N) is 1. The summed E-state index contributed by atoms with van der Waals surface area (Å²) < 4.78 is 6.05. The van der Waals surface area contributed by atoms with E-state index in [9.17, 15) is 9.59 Å². The normalized spacial score (nSPS) is 16.6. The predicted octanol–water partition coefficient (Wildman–Crippen LogP) is 5.61. The number of hydrogen-bond donors (Lipinski definition) is 1. The topological polar surface area (TPSA) is 85.0 Å². The zero-order chi connectivity index (χ0) is 31.9. The molecule has 2 amide bonds. The summed E-state index contributed by atoms with van der Waals surface area (Å²) in [5.74, 6) is 1.27. The van der Waals surface area contributed by atoms with Crippen molar-refractivity contribution in [3.63, 3.8) is 0 Å². The molecule has 3 aliphatic heterocycles. The van der Waals surface area contributed by atoms with Gasteiger partial charge < -0.3 is 24.4 Å². The standard InChI is InChI=1S/C38H38N6O3/c1-41-17-19-42(20-18-41)30-11-13-34-35(24-30)40-36(39-34)27-6-4-7-29(22-27)43-16-14-26-23-31(12-10-28(26)25-43)47-21-5-15-44-37(45)32-8-2-3-9-33(32)38(44)46/h2-4,6-13,22-24H,5,14-21,25H2,1H3,(H,39,40). The van der Waals surface area contributed by atoms with Crippen LogP contribution in [0.3, 0.4) is 0 Å². The van der Waals surface area contributed by atoms with Crippen LogP contribution in [0.4, 0.5) is 11.4 Å². The number of nitrogens with zero attached hydrogens (tertiary/aromatic N) is 5. The minimum absolute atomic E-state index is 0.220. The van der Waals surface area contributed by atoms with E-state index in [0.29, 0.717) is 30.7 Å². The first-order valence-electron chi connectivity index (χ1n) is 16.5. The number of imidazole rings is 1. The molecule has 1 aromatic heterocycles. The molecule has 4 heterocycles. The third-order valence-electron chi connectivity index (χ3n) is 9.68. The summed E-state index contributed by atoms with van der Waals surface area (Å²) in [5.41, 5.74) is 9.11. The van der Waals surface area contributed by atoms with Gasteiger partial charge in [-0.05, 0) is 85.6 Å². The molecule has 0 unspecified atom stereocenters. The van der Waals surface area contributed by atoms with Crippen molar-refractivity contribution in [1.82, 2.24) is 19.8 Å². The number of imide groups is 1. The monoisotopic (exact) mass is 626 g/mol. The molecule has 0 atom stereocenters. The van der Waals surface area contributed by atoms with Gasteiger partial charge in [0.15, 0.2) is 0 Å². The van der Waals surface area contributed by atoms with Crippen molar-refractivity contribution >= 4 is 34.2 Å². The van der Waals surface area contributed by atoms with Crippen LogP contribution in [0.25, 0.3) is 22.4 Å². The van der Waals surface area contributed by atoms with Gasteiger partial charge in [0.05, 0.1) is 28.8 Å². The number of fused-ring (bicyclic) bond motifs is 3. The number of ether oxygens (including phenoxy) is 1. The Morgan fingerprint density at radius 2 is 1.55 bits per heavy atom. The van der Waals surface area contributed by atoms with Gasteiger partial charge in [0, 0.05) is 62.8 Å². The Balaban J connectivity index is 0.890. The van der Waals surface area contributed by atoms with E-state index in [0.717, 1.165) is 73.9 Å². The van der Waals surface area contributed by atoms with Crippen molar-refractivity contribution in [3.8, 4) is 17.1 Å². The second kappa shape index (κ2) is 12.2. The number of H-pyrrole nitrogens is 1. The molecule has 0 spiro atoms. The van der Waals surface area contributed by atoms with Crippen LogP contribution in [0.2, 0.25) is 0 Å². The van der Waals surface area contributed by atoms with Crippen LogP contribution in [0.15, 0.2) is 84.9 Å². The van der Waals surface area contributed by atoms with Crippen molar-refractivity contribution in [2.24, 2.45) is 0 Å². The van der Waals surface area contributed by atoms with Gasteiger partial charge in [0.25, 0.3) is 11.8 Å². The van der Waals surface area contributed by atoms with Crippen molar-refractivity contribution < 1.29 is 14.3 Å². The lowest BCUT2D eigenvalue weighted by Crippen LogP contribution is -2.44. The molecule has 47 heavy (non-hydrogen) atoms. The number of hydrogen-bond acceptors (Lipinski definition) is 7. The maximum Gasteiger partial charge on any atom is 0.261 e. The number of aromatic nitrogens is 2. The Hall–Kier alpha value is -5.15. The summed E-state index contributed by atoms with van der Waals surface area (Å²) in [4.78, 5) is 42.3. The Labute approximate surface area is 274 Å². The van der Waals surface area contributed by atoms with E-state index in [1.807, 2.05) is 6.07 Å². The van der Waals surface area contributed by atoms with Crippen molar-refractivity contribution in [1.29, 1.82) is 0 Å². The smallest absolute Gasteiger partial charge is 0.261 e. The van der Waals surface area contributed by atoms with Crippen LogP contribution in [0, 0.1) is 0 Å². The Bertz CT molecular complexity index is 1940. The molecule has 0 radical (unpaired) electrons. The van der Waals surface area contributed by atoms with E-state index in [-0.39, 0.29) is 11.8 Å². The number of anilines is 2. The fraction of sp³-hybridized carbons (Fsp3) is 0.289. The molecular weight excluding hydrogens is 588 g/mol. The fourth-order valence-electron chi connectivity index (χ4n) is 6.94. The third kappa shape index (κ3) is 5.72. The molecule has 8 rings (SSSR count). The van der Waals surface area contributed by atoms with Crippen molar-refractivity contribution in [2.45, 2.75) is 19.4 Å². The number of amides is 2. The van der Waals surface area contributed by atoms with Crippen LogP contribution in [-0.2, 0) is 13.0 Å². The van der Waals surface area contributed by atoms with Crippen LogP contribution < -0.4 is 14.5 Å². The molecule has 0 aliphatic carbocycles. The van der Waals surface area contributed by atoms with E-state index in [1.54, 1.807) is 24.3 Å². The highest BCUT2D eigenvalue weighted by Gasteiger charge is 2.34. The summed E-state index contributed by atoms with van der Waals surface area (Å²) >= 11 is 0. The van der Waals surface area contributed by atoms with Gasteiger partial charge in [-0.3, -0.25) is 14.5 Å². The molecule has 1 N–H and O–H groups in total. The predicted molar refractivity (Wildman–Crippen MR) is 184 cm³/mol. The second-order valence-electron chi connectivity index (χ2n) is 12.7. The maximum atomic E-state index is 12.6. The highest BCUT2D eigenvalue weighted by Crippen LogP contribution is 2.31. The quantitative estimate of drug-likeness (QED) is 0.177. The maximum absolute atomic E-state index is 12.6. The zero-order valence-corrected chi connectivity index (χ0v) is 26.6. The lowest BCUT2D eigenvalue weighted by Gasteiger charge is -2.34. The Kier molecular flexibility index (Phi) is 7.61. The fourth-order valence-corrected chi connectivity index (χ4v) is 6.94. The first-order chi connectivity index (χ1) is 23.0. The Morgan fingerprint density at radius 1 is 0.766 bits per heavy atom. The van der Waals surface area contributed by atoms with Gasteiger partial charge in [0.2, 0.25) is 0 Å². The van der Waals surface area contributed by atoms with Crippen LogP contribution in [0.1, 0.15) is 38.3 Å². The lowest BCUT2D eigenvalue weighted by molar-refractivity contribution is 0.0646. The van der Waals surface area contributed by atoms with Gasteiger partial charge in [-0.1, -0.05) is 30.3 Å². The number of benzene rings is 4. The Morgan fingerprint density at radius 3 is 2.36 bits per heavy atom. The van der Waals surface area contributed by atoms with Crippen molar-refractivity contribution in [3.05, 3.63) is 107 Å². The third-order valence-corrected chi connectivity index (χ3v) is 9.68. The van der Waals surface area contributed by atoms with E-state index < -0.39 is 0 Å². The molecule has 5 aromatic rings. The lowest BCUT2D eigenvalue weighted by atomic mass is 9.98. The molecule has 1 saturated heterocycles. The summed E-state index contributed by atoms with van der Waals surface area (Å²) in [6.07, 6.45) is 1.50.